The van der Waals surface area contributed by atoms with Crippen molar-refractivity contribution in [3.05, 3.63) is 0 Å². The molecule has 0 saturated carbocycles. The Labute approximate surface area is 102 Å². The molecule has 17 valence electrons. The van der Waals surface area contributed by atoms with Crippen LogP contribution in [0.4, 0.5) is 0 Å². The molecule has 0 bridgehead atoms. The molecule has 0 heterocycles. The van der Waals surface area contributed by atoms with Crippen LogP contribution in [0.25, 0.3) is 0 Å². The Morgan fingerprint density at radius 3 is 1.00 bits per heavy atom. The normalized spacial score (nSPS) is 0. The molecule has 0 amide bonds. The van der Waals surface area contributed by atoms with E-state index in [-0.39, 0.29) is 105 Å². The molecule has 0 aliphatic rings. The fourth-order valence-corrected chi connectivity index (χ4v) is 0. The fourth-order valence-electron chi connectivity index (χ4n) is 0. The SMILES string of the molecule is P.[As].[In].[K]. The van der Waals surface area contributed by atoms with E-state index in [4.69, 9.17) is 0 Å². The summed E-state index contributed by atoms with van der Waals surface area (Å²) in [5.41, 5.74) is 0. The summed E-state index contributed by atoms with van der Waals surface area (Å²) in [5.74, 6) is 0. The van der Waals surface area contributed by atoms with E-state index >= 15 is 0 Å². The van der Waals surface area contributed by atoms with E-state index in [1.807, 2.05) is 0 Å². The maximum absolute atomic E-state index is 0. The zero-order valence-corrected chi connectivity index (χ0v) is 12.4. The fraction of sp³-hybridized carbons (Fsp3) is 0. The van der Waals surface area contributed by atoms with Gasteiger partial charge in [0.25, 0.3) is 0 Å². The summed E-state index contributed by atoms with van der Waals surface area (Å²) < 4.78 is 0. The van der Waals surface area contributed by atoms with Gasteiger partial charge in [-0.3, -0.25) is 0 Å². The summed E-state index contributed by atoms with van der Waals surface area (Å²) in [4.78, 5) is 0. The molecule has 0 rings (SSSR count). The minimum atomic E-state index is 0. The molecule has 7 radical (unpaired) electrons. The van der Waals surface area contributed by atoms with Crippen molar-refractivity contribution >= 4 is 105 Å². The van der Waals surface area contributed by atoms with Gasteiger partial charge in [-0.05, 0) is 0 Å². The third kappa shape index (κ3) is 9.09. The molecule has 4 heavy (non-hydrogen) atoms. The van der Waals surface area contributed by atoms with Crippen LogP contribution in [0.3, 0.4) is 0 Å². The van der Waals surface area contributed by atoms with Crippen LogP contribution in [-0.4, -0.2) is 95.2 Å². The summed E-state index contributed by atoms with van der Waals surface area (Å²) in [7, 11) is 0. The Balaban J connectivity index is 0. The van der Waals surface area contributed by atoms with Crippen molar-refractivity contribution in [3.63, 3.8) is 0 Å². The van der Waals surface area contributed by atoms with Crippen molar-refractivity contribution in [1.29, 1.82) is 0 Å². The molecule has 0 aromatic rings. The van der Waals surface area contributed by atoms with Gasteiger partial charge in [0.2, 0.25) is 0 Å². The average Bonchev–Trinajstić information content (AvgIpc) is 0. The van der Waals surface area contributed by atoms with Crippen LogP contribution < -0.4 is 0 Å². The third-order valence-corrected chi connectivity index (χ3v) is 0. The minimum absolute atomic E-state index is 0. The number of hydrogen-bond donors (Lipinski definition) is 0. The van der Waals surface area contributed by atoms with Gasteiger partial charge in [-0.25, -0.2) is 0 Å². The van der Waals surface area contributed by atoms with E-state index in [1.54, 1.807) is 0 Å². The first kappa shape index (κ1) is 25.9. The van der Waals surface area contributed by atoms with Gasteiger partial charge < -0.3 is 0 Å². The van der Waals surface area contributed by atoms with E-state index in [0.717, 1.165) is 0 Å². The van der Waals surface area contributed by atoms with Crippen molar-refractivity contribution in [2.75, 3.05) is 0 Å². The van der Waals surface area contributed by atoms with Gasteiger partial charge in [0.15, 0.2) is 0 Å². The molecule has 0 nitrogen and oxygen atoms in total. The molecule has 4 heteroatoms. The summed E-state index contributed by atoms with van der Waals surface area (Å²) in [6.07, 6.45) is 0. The summed E-state index contributed by atoms with van der Waals surface area (Å²) in [5, 5.41) is 0. The Morgan fingerprint density at radius 2 is 1.00 bits per heavy atom. The summed E-state index contributed by atoms with van der Waals surface area (Å²) in [6.45, 7) is 0. The van der Waals surface area contributed by atoms with E-state index in [0.29, 0.717) is 0 Å². The second kappa shape index (κ2) is 16.1. The standard InChI is InChI=1S/As.In.K.H3P/h;;;1H3. The van der Waals surface area contributed by atoms with Gasteiger partial charge >= 0.3 is 0 Å². The number of rotatable bonds is 0. The molecule has 0 fully saturated rings. The quantitative estimate of drug-likeness (QED) is 0.385. The van der Waals surface area contributed by atoms with Gasteiger partial charge in [-0.1, -0.05) is 0 Å². The first-order valence-electron chi connectivity index (χ1n) is 0. The Morgan fingerprint density at radius 1 is 1.00 bits per heavy atom. The van der Waals surface area contributed by atoms with Crippen LogP contribution >= 0.6 is 9.90 Å². The molecule has 0 aromatic carbocycles. The zero-order chi connectivity index (χ0) is 0. The maximum Gasteiger partial charge on any atom is 0 e. The smallest absolute Gasteiger partial charge is 0 e. The molecule has 0 spiro atoms. The van der Waals surface area contributed by atoms with Crippen molar-refractivity contribution < 1.29 is 0 Å². The Kier molecular flexibility index (Phi) is 104. The number of hydrogen-bond acceptors (Lipinski definition) is 0. The molecule has 0 aromatic heterocycles. The molecule has 1 unspecified atom stereocenters. The zero-order valence-electron chi connectivity index (χ0n) is 2.73. The Bertz CT molecular complexity index is 8.00. The minimum Gasteiger partial charge on any atom is -0.153 e. The second-order valence-corrected chi connectivity index (χ2v) is 0. The molecule has 1 atom stereocenters. The monoisotopic (exact) mass is 263 g/mol. The first-order valence-corrected chi connectivity index (χ1v) is 0. The van der Waals surface area contributed by atoms with Crippen LogP contribution in [-0.2, 0) is 0 Å². The molecule has 0 N–H and O–H groups in total. The molecule has 0 saturated heterocycles. The third-order valence-electron chi connectivity index (χ3n) is 0. The van der Waals surface area contributed by atoms with Crippen molar-refractivity contribution in [2.24, 2.45) is 0 Å². The van der Waals surface area contributed by atoms with E-state index in [1.165, 1.54) is 0 Å². The van der Waals surface area contributed by atoms with Gasteiger partial charge in [-0.2, -0.15) is 9.90 Å². The van der Waals surface area contributed by atoms with Gasteiger partial charge in [0, 0.05) is 95.2 Å². The van der Waals surface area contributed by atoms with Crippen LogP contribution in [0.5, 0.6) is 0 Å². The summed E-state index contributed by atoms with van der Waals surface area (Å²) >= 11 is 0. The Hall–Kier alpha value is 3.49. The summed E-state index contributed by atoms with van der Waals surface area (Å²) in [6, 6.07) is 0. The van der Waals surface area contributed by atoms with E-state index in [9.17, 15) is 0 Å². The van der Waals surface area contributed by atoms with Crippen LogP contribution in [0.1, 0.15) is 0 Å². The topological polar surface area (TPSA) is 0 Å². The predicted molar refractivity (Wildman–Crippen MR) is 28.4 cm³/mol. The average molecular weight is 263 g/mol. The largest absolute Gasteiger partial charge is 0.153 e. The van der Waals surface area contributed by atoms with Crippen LogP contribution in [0, 0.1) is 0 Å². The second-order valence-electron chi connectivity index (χ2n) is 0. The van der Waals surface area contributed by atoms with Gasteiger partial charge in [0.05, 0.1) is 0 Å². The van der Waals surface area contributed by atoms with Crippen LogP contribution in [0.15, 0.2) is 0 Å². The van der Waals surface area contributed by atoms with E-state index in [2.05, 4.69) is 0 Å². The van der Waals surface area contributed by atoms with Gasteiger partial charge in [0.1, 0.15) is 0 Å². The molecule has 0 aliphatic carbocycles. The van der Waals surface area contributed by atoms with Crippen LogP contribution in [0.2, 0.25) is 0 Å². The molecule has 0 aliphatic heterocycles. The molecular weight excluding hydrogens is 260 g/mol. The van der Waals surface area contributed by atoms with Crippen molar-refractivity contribution in [2.45, 2.75) is 0 Å². The predicted octanol–water partition coefficient (Wildman–Crippen LogP) is -1.08. The molecular formula is H3AsInKP. The maximum atomic E-state index is 0. The van der Waals surface area contributed by atoms with E-state index < -0.39 is 0 Å². The first-order chi connectivity index (χ1) is 0. The van der Waals surface area contributed by atoms with Gasteiger partial charge in [-0.15, -0.1) is 0 Å². The van der Waals surface area contributed by atoms with Crippen molar-refractivity contribution in [1.82, 2.24) is 0 Å². The van der Waals surface area contributed by atoms with Crippen molar-refractivity contribution in [3.8, 4) is 0 Å².